The summed E-state index contributed by atoms with van der Waals surface area (Å²) in [5.74, 6) is -1.75. The van der Waals surface area contributed by atoms with E-state index in [-0.39, 0.29) is 40.5 Å². The Hall–Kier alpha value is -4.99. The van der Waals surface area contributed by atoms with Crippen LogP contribution in [0.25, 0.3) is 0 Å². The van der Waals surface area contributed by atoms with E-state index in [4.69, 9.17) is 4.74 Å². The quantitative estimate of drug-likeness (QED) is 0.166. The number of aryl methyl sites for hydroxylation is 4. The lowest BCUT2D eigenvalue weighted by molar-refractivity contribution is -0.118. The van der Waals surface area contributed by atoms with Gasteiger partial charge in [-0.1, -0.05) is 48.0 Å². The number of rotatable bonds is 10. The fourth-order valence-electron chi connectivity index (χ4n) is 10.0. The third-order valence-corrected chi connectivity index (χ3v) is 13.0. The lowest BCUT2D eigenvalue weighted by Crippen LogP contribution is -2.29. The summed E-state index contributed by atoms with van der Waals surface area (Å²) in [6, 6.07) is 14.8. The molecule has 1 aliphatic carbocycles. The first kappa shape index (κ1) is 47.0. The zero-order valence-corrected chi connectivity index (χ0v) is 39.6. The van der Waals surface area contributed by atoms with E-state index >= 15 is 4.39 Å². The summed E-state index contributed by atoms with van der Waals surface area (Å²) in [7, 11) is 0. The molecule has 0 bridgehead atoms. The second-order valence-corrected chi connectivity index (χ2v) is 21.5. The molecule has 1 unspecified atom stereocenters. The zero-order valence-electron chi connectivity index (χ0n) is 39.6. The molecule has 0 radical (unpaired) electrons. The fourth-order valence-corrected chi connectivity index (χ4v) is 10.0. The average molecular weight is 879 g/mol. The van der Waals surface area contributed by atoms with Gasteiger partial charge >= 0.3 is 0 Å². The van der Waals surface area contributed by atoms with Crippen molar-refractivity contribution in [1.29, 1.82) is 0 Å². The first-order valence-electron chi connectivity index (χ1n) is 23.5. The molecule has 2 heterocycles. The van der Waals surface area contributed by atoms with E-state index in [1.807, 2.05) is 26.8 Å². The van der Waals surface area contributed by atoms with Gasteiger partial charge in [0.2, 0.25) is 11.8 Å². The van der Waals surface area contributed by atoms with Crippen LogP contribution < -0.4 is 25.2 Å². The second kappa shape index (κ2) is 19.2. The van der Waals surface area contributed by atoms with E-state index in [0.29, 0.717) is 64.0 Å². The van der Waals surface area contributed by atoms with Crippen LogP contribution in [0.1, 0.15) is 137 Å². The average Bonchev–Trinajstić information content (AvgIpc) is 3.50. The third kappa shape index (κ3) is 11.8. The highest BCUT2D eigenvalue weighted by Gasteiger charge is 2.29. The van der Waals surface area contributed by atoms with Crippen molar-refractivity contribution in [2.75, 3.05) is 33.5 Å². The number of carbonyl (C=O) groups excluding carboxylic acids is 2. The Morgan fingerprint density at radius 1 is 0.641 bits per heavy atom. The van der Waals surface area contributed by atoms with E-state index in [0.717, 1.165) is 99.4 Å². The first-order valence-corrected chi connectivity index (χ1v) is 23.5. The van der Waals surface area contributed by atoms with Gasteiger partial charge in [0.1, 0.15) is 0 Å². The Morgan fingerprint density at radius 2 is 1.17 bits per heavy atom. The summed E-state index contributed by atoms with van der Waals surface area (Å²) in [5.41, 5.74) is 10.6. The van der Waals surface area contributed by atoms with Crippen molar-refractivity contribution >= 4 is 34.6 Å². The molecule has 4 aromatic rings. The molecule has 344 valence electrons. The highest BCUT2D eigenvalue weighted by molar-refractivity contribution is 5.94. The minimum atomic E-state index is -0.843. The van der Waals surface area contributed by atoms with E-state index < -0.39 is 11.6 Å². The number of ether oxygens (including phenoxy) is 1. The van der Waals surface area contributed by atoms with Crippen LogP contribution in [0.4, 0.5) is 35.9 Å². The van der Waals surface area contributed by atoms with Crippen molar-refractivity contribution in [3.05, 3.63) is 110 Å². The Kier molecular flexibility index (Phi) is 14.1. The SMILES string of the molecule is Cc1cc(N2Cc3cc(F)c(OC4CCCCC4)cc3CC(Cc3cc(N4CCCc5cc(F)c(F)cc5C4)cc(C)c3NC(=O)CC(C)(C)C)C2)cc(C)c1NC(=O)CC(C)(C)C. The van der Waals surface area contributed by atoms with Crippen molar-refractivity contribution in [3.63, 3.8) is 0 Å². The Morgan fingerprint density at radius 3 is 1.80 bits per heavy atom. The summed E-state index contributed by atoms with van der Waals surface area (Å²) in [6.45, 7) is 20.7. The number of nitrogens with one attached hydrogen (secondary N) is 2. The van der Waals surface area contributed by atoms with Crippen LogP contribution >= 0.6 is 0 Å². The maximum absolute atomic E-state index is 16.1. The second-order valence-electron chi connectivity index (χ2n) is 21.5. The topological polar surface area (TPSA) is 73.9 Å². The van der Waals surface area contributed by atoms with Gasteiger partial charge < -0.3 is 25.2 Å². The molecule has 2 aliphatic heterocycles. The lowest BCUT2D eigenvalue weighted by Gasteiger charge is -2.30. The molecular weight excluding hydrogens is 810 g/mol. The molecule has 1 atom stereocenters. The van der Waals surface area contributed by atoms with Crippen molar-refractivity contribution in [2.24, 2.45) is 16.7 Å². The van der Waals surface area contributed by atoms with Crippen molar-refractivity contribution in [1.82, 2.24) is 0 Å². The Labute approximate surface area is 379 Å². The minimum Gasteiger partial charge on any atom is -0.487 e. The molecule has 2 N–H and O–H groups in total. The molecule has 10 heteroatoms. The number of benzene rings is 4. The Bertz CT molecular complexity index is 2350. The van der Waals surface area contributed by atoms with Crippen molar-refractivity contribution in [2.45, 2.75) is 152 Å². The smallest absolute Gasteiger partial charge is 0.224 e. The van der Waals surface area contributed by atoms with Gasteiger partial charge in [-0.2, -0.15) is 0 Å². The van der Waals surface area contributed by atoms with Crippen LogP contribution in [-0.2, 0) is 41.9 Å². The van der Waals surface area contributed by atoms with E-state index in [1.165, 1.54) is 18.6 Å². The standard InChI is InChI=1S/C54H69F3N4O3/c1-33-18-42(19-34(2)51(33)58-49(62)28-53(4,5)6)61-30-36(21-38-27-48(47(57)26-41(38)32-61)64-44-15-11-10-12-16-44)22-39-23-43(20-35(3)52(39)59-50(63)29-54(7,8)9)60-17-13-14-37-24-45(55)46(56)25-40(37)31-60/h18-20,23-27,36,44H,10-17,21-22,28-32H2,1-9H3,(H,58,62)(H,59,63). The molecule has 0 aromatic heterocycles. The summed E-state index contributed by atoms with van der Waals surface area (Å²) in [4.78, 5) is 31.3. The molecule has 7 rings (SSSR count). The molecular formula is C54H69F3N4O3. The van der Waals surface area contributed by atoms with Crippen LogP contribution in [0.5, 0.6) is 5.75 Å². The van der Waals surface area contributed by atoms with Gasteiger partial charge in [-0.25, -0.2) is 13.2 Å². The van der Waals surface area contributed by atoms with Gasteiger partial charge in [0.25, 0.3) is 0 Å². The molecule has 3 aliphatic rings. The largest absolute Gasteiger partial charge is 0.487 e. The number of amides is 2. The molecule has 1 saturated carbocycles. The molecule has 7 nitrogen and oxygen atoms in total. The molecule has 64 heavy (non-hydrogen) atoms. The van der Waals surface area contributed by atoms with E-state index in [2.05, 4.69) is 86.2 Å². The lowest BCUT2D eigenvalue weighted by atomic mass is 9.89. The number of nitrogens with zero attached hydrogens (tertiary/aromatic N) is 2. The maximum atomic E-state index is 16.1. The highest BCUT2D eigenvalue weighted by atomic mass is 19.2. The highest BCUT2D eigenvalue weighted by Crippen LogP contribution is 2.39. The summed E-state index contributed by atoms with van der Waals surface area (Å²) in [5, 5.41) is 6.50. The van der Waals surface area contributed by atoms with Crippen LogP contribution in [-0.4, -0.2) is 31.0 Å². The predicted molar refractivity (Wildman–Crippen MR) is 254 cm³/mol. The normalized spacial score (nSPS) is 17.3. The number of anilines is 4. The maximum Gasteiger partial charge on any atom is 0.224 e. The van der Waals surface area contributed by atoms with Gasteiger partial charge in [0, 0.05) is 61.8 Å². The predicted octanol–water partition coefficient (Wildman–Crippen LogP) is 12.9. The van der Waals surface area contributed by atoms with Crippen molar-refractivity contribution < 1.29 is 27.5 Å². The fraction of sp³-hybridized carbons (Fsp3) is 0.519. The number of hydrogen-bond acceptors (Lipinski definition) is 5. The Balaban J connectivity index is 1.28. The molecule has 4 aromatic carbocycles. The van der Waals surface area contributed by atoms with Crippen LogP contribution in [0.3, 0.4) is 0 Å². The summed E-state index contributed by atoms with van der Waals surface area (Å²) < 4.78 is 51.4. The van der Waals surface area contributed by atoms with Crippen LogP contribution in [0.15, 0.2) is 48.5 Å². The monoisotopic (exact) mass is 879 g/mol. The van der Waals surface area contributed by atoms with Gasteiger partial charge in [0.05, 0.1) is 6.10 Å². The number of halogens is 3. The molecule has 1 fully saturated rings. The first-order chi connectivity index (χ1) is 30.2. The van der Waals surface area contributed by atoms with Gasteiger partial charge in [-0.05, 0) is 182 Å². The van der Waals surface area contributed by atoms with Crippen LogP contribution in [0.2, 0.25) is 0 Å². The van der Waals surface area contributed by atoms with Crippen LogP contribution in [0, 0.1) is 55.0 Å². The number of carbonyl (C=O) groups is 2. The van der Waals surface area contributed by atoms with Gasteiger partial charge in [-0.15, -0.1) is 0 Å². The van der Waals surface area contributed by atoms with Gasteiger partial charge in [-0.3, -0.25) is 9.59 Å². The zero-order chi connectivity index (χ0) is 46.1. The molecule has 2 amide bonds. The van der Waals surface area contributed by atoms with E-state index in [9.17, 15) is 18.4 Å². The number of hydrogen-bond donors (Lipinski definition) is 2. The van der Waals surface area contributed by atoms with Crippen molar-refractivity contribution in [3.8, 4) is 5.75 Å². The molecule has 0 spiro atoms. The minimum absolute atomic E-state index is 0.000760. The van der Waals surface area contributed by atoms with E-state index in [1.54, 1.807) is 6.07 Å². The number of fused-ring (bicyclic) bond motifs is 2. The summed E-state index contributed by atoms with van der Waals surface area (Å²) >= 11 is 0. The van der Waals surface area contributed by atoms with Gasteiger partial charge in [0.15, 0.2) is 23.2 Å². The third-order valence-electron chi connectivity index (χ3n) is 13.0. The summed E-state index contributed by atoms with van der Waals surface area (Å²) in [6.07, 6.45) is 8.64. The molecule has 0 saturated heterocycles.